The molecule has 0 bridgehead atoms. The molecular weight excluding hydrogens is 242 g/mol. The van der Waals surface area contributed by atoms with Crippen LogP contribution in [0, 0.1) is 6.92 Å². The zero-order valence-electron chi connectivity index (χ0n) is 10.3. The number of nitrogen functional groups attached to an aromatic ring is 1. The van der Waals surface area contributed by atoms with Crippen molar-refractivity contribution in [3.05, 3.63) is 46.2 Å². The van der Waals surface area contributed by atoms with Crippen LogP contribution in [0.5, 0.6) is 0 Å². The maximum atomic E-state index is 6.02. The second kappa shape index (κ2) is 4.46. The van der Waals surface area contributed by atoms with E-state index in [0.29, 0.717) is 5.95 Å². The van der Waals surface area contributed by atoms with Crippen molar-refractivity contribution in [2.75, 3.05) is 5.73 Å². The average molecular weight is 257 g/mol. The van der Waals surface area contributed by atoms with Gasteiger partial charge in [0.2, 0.25) is 5.95 Å². The molecule has 92 valence electrons. The fourth-order valence-corrected chi connectivity index (χ4v) is 2.99. The van der Waals surface area contributed by atoms with Gasteiger partial charge in [-0.1, -0.05) is 12.1 Å². The van der Waals surface area contributed by atoms with Crippen molar-refractivity contribution >= 4 is 28.3 Å². The third-order valence-electron chi connectivity index (χ3n) is 3.20. The Kier molecular flexibility index (Phi) is 2.80. The number of thiophene rings is 1. The zero-order chi connectivity index (χ0) is 12.5. The highest BCUT2D eigenvalue weighted by Crippen LogP contribution is 2.22. The van der Waals surface area contributed by atoms with E-state index < -0.39 is 0 Å². The molecule has 18 heavy (non-hydrogen) atoms. The maximum Gasteiger partial charge on any atom is 0.201 e. The molecule has 3 aromatic rings. The fourth-order valence-electron chi connectivity index (χ4n) is 2.29. The van der Waals surface area contributed by atoms with E-state index in [-0.39, 0.29) is 0 Å². The lowest BCUT2D eigenvalue weighted by Gasteiger charge is -2.07. The molecule has 3 rings (SSSR count). The minimum Gasteiger partial charge on any atom is -0.369 e. The lowest BCUT2D eigenvalue weighted by molar-refractivity contribution is 0.726. The Morgan fingerprint density at radius 1 is 1.33 bits per heavy atom. The summed E-state index contributed by atoms with van der Waals surface area (Å²) in [6.45, 7) is 2.98. The minimum absolute atomic E-state index is 0.606. The third kappa shape index (κ3) is 1.88. The van der Waals surface area contributed by atoms with Crippen LogP contribution >= 0.6 is 11.3 Å². The van der Waals surface area contributed by atoms with Gasteiger partial charge in [-0.25, -0.2) is 4.98 Å². The third-order valence-corrected chi connectivity index (χ3v) is 3.93. The fraction of sp³-hybridized carbons (Fsp3) is 0.214. The van der Waals surface area contributed by atoms with Crippen LogP contribution in [0.3, 0.4) is 0 Å². The molecule has 0 spiro atoms. The molecule has 2 N–H and O–H groups in total. The second-order valence-corrected chi connectivity index (χ2v) is 5.23. The molecule has 0 unspecified atom stereocenters. The van der Waals surface area contributed by atoms with Crippen LogP contribution in [0.25, 0.3) is 11.0 Å². The first-order valence-electron chi connectivity index (χ1n) is 5.98. The molecule has 2 aromatic heterocycles. The first-order chi connectivity index (χ1) is 8.75. The summed E-state index contributed by atoms with van der Waals surface area (Å²) >= 11 is 1.73. The van der Waals surface area contributed by atoms with E-state index >= 15 is 0 Å². The van der Waals surface area contributed by atoms with Gasteiger partial charge in [-0.3, -0.25) is 0 Å². The summed E-state index contributed by atoms with van der Waals surface area (Å²) in [5.74, 6) is 0.606. The van der Waals surface area contributed by atoms with Crippen LogP contribution in [0.4, 0.5) is 5.95 Å². The van der Waals surface area contributed by atoms with Gasteiger partial charge in [0.05, 0.1) is 11.0 Å². The number of hydrogen-bond acceptors (Lipinski definition) is 3. The summed E-state index contributed by atoms with van der Waals surface area (Å²) in [5, 5.41) is 4.29. The van der Waals surface area contributed by atoms with Crippen molar-refractivity contribution in [3.8, 4) is 0 Å². The molecule has 0 saturated heterocycles. The quantitative estimate of drug-likeness (QED) is 0.783. The Labute approximate surface area is 110 Å². The van der Waals surface area contributed by atoms with E-state index in [9.17, 15) is 0 Å². The topological polar surface area (TPSA) is 43.8 Å². The highest BCUT2D eigenvalue weighted by atomic mass is 32.1. The Morgan fingerprint density at radius 2 is 2.22 bits per heavy atom. The van der Waals surface area contributed by atoms with Crippen molar-refractivity contribution in [2.24, 2.45) is 0 Å². The monoisotopic (exact) mass is 257 g/mol. The molecule has 0 atom stereocenters. The molecule has 4 heteroatoms. The molecule has 1 aromatic carbocycles. The Balaban J connectivity index is 1.98. The Morgan fingerprint density at radius 3 is 3.00 bits per heavy atom. The molecule has 2 heterocycles. The van der Waals surface area contributed by atoms with Gasteiger partial charge in [0.25, 0.3) is 0 Å². The number of rotatable bonds is 3. The molecule has 3 nitrogen and oxygen atoms in total. The molecule has 0 fully saturated rings. The summed E-state index contributed by atoms with van der Waals surface area (Å²) in [5.41, 5.74) is 10.7. The van der Waals surface area contributed by atoms with E-state index in [4.69, 9.17) is 5.73 Å². The van der Waals surface area contributed by atoms with E-state index in [1.165, 1.54) is 11.1 Å². The lowest BCUT2D eigenvalue weighted by Crippen LogP contribution is -2.05. The highest BCUT2D eigenvalue weighted by molar-refractivity contribution is 7.07. The van der Waals surface area contributed by atoms with Crippen molar-refractivity contribution in [3.63, 3.8) is 0 Å². The van der Waals surface area contributed by atoms with Gasteiger partial charge in [0, 0.05) is 6.54 Å². The van der Waals surface area contributed by atoms with Crippen LogP contribution in [0.2, 0.25) is 0 Å². The van der Waals surface area contributed by atoms with Gasteiger partial charge in [0.1, 0.15) is 0 Å². The molecule has 0 aliphatic carbocycles. The first kappa shape index (κ1) is 11.3. The molecule has 0 radical (unpaired) electrons. The SMILES string of the molecule is Cc1cccc2nc(N)n(CCc3ccsc3)c12. The minimum atomic E-state index is 0.606. The predicted molar refractivity (Wildman–Crippen MR) is 76.9 cm³/mol. The molecule has 0 saturated carbocycles. The summed E-state index contributed by atoms with van der Waals surface area (Å²) < 4.78 is 2.11. The number of anilines is 1. The van der Waals surface area contributed by atoms with Crippen LogP contribution < -0.4 is 5.73 Å². The van der Waals surface area contributed by atoms with Crippen molar-refractivity contribution < 1.29 is 0 Å². The van der Waals surface area contributed by atoms with Crippen molar-refractivity contribution in [1.29, 1.82) is 0 Å². The van der Waals surface area contributed by atoms with Crippen LogP contribution in [0.1, 0.15) is 11.1 Å². The zero-order valence-corrected chi connectivity index (χ0v) is 11.1. The molecule has 0 aliphatic heterocycles. The predicted octanol–water partition coefficient (Wildman–Crippen LogP) is 3.23. The number of aryl methyl sites for hydroxylation is 3. The lowest BCUT2D eigenvalue weighted by atomic mass is 10.2. The maximum absolute atomic E-state index is 6.02. The van der Waals surface area contributed by atoms with Crippen molar-refractivity contribution in [2.45, 2.75) is 19.9 Å². The van der Waals surface area contributed by atoms with E-state index in [0.717, 1.165) is 24.0 Å². The largest absolute Gasteiger partial charge is 0.369 e. The number of nitrogens with two attached hydrogens (primary N) is 1. The van der Waals surface area contributed by atoms with E-state index in [2.05, 4.69) is 39.4 Å². The Hall–Kier alpha value is -1.81. The highest BCUT2D eigenvalue weighted by Gasteiger charge is 2.09. The van der Waals surface area contributed by atoms with E-state index in [1.54, 1.807) is 11.3 Å². The number of imidazole rings is 1. The number of aromatic nitrogens is 2. The van der Waals surface area contributed by atoms with Crippen LogP contribution in [-0.4, -0.2) is 9.55 Å². The smallest absolute Gasteiger partial charge is 0.201 e. The number of benzene rings is 1. The van der Waals surface area contributed by atoms with Gasteiger partial charge in [0.15, 0.2) is 0 Å². The standard InChI is InChI=1S/C14H15N3S/c1-10-3-2-4-12-13(10)17(14(15)16-12)7-5-11-6-8-18-9-11/h2-4,6,8-9H,5,7H2,1H3,(H2,15,16). The van der Waals surface area contributed by atoms with Gasteiger partial charge in [-0.15, -0.1) is 0 Å². The summed E-state index contributed by atoms with van der Waals surface area (Å²) in [6.07, 6.45) is 0.994. The van der Waals surface area contributed by atoms with Gasteiger partial charge in [-0.2, -0.15) is 11.3 Å². The second-order valence-electron chi connectivity index (χ2n) is 4.45. The molecule has 0 aliphatic rings. The number of para-hydroxylation sites is 1. The van der Waals surface area contributed by atoms with Gasteiger partial charge in [-0.05, 0) is 47.4 Å². The summed E-state index contributed by atoms with van der Waals surface area (Å²) in [6, 6.07) is 8.30. The van der Waals surface area contributed by atoms with Gasteiger partial charge < -0.3 is 10.3 Å². The Bertz CT molecular complexity index is 668. The summed E-state index contributed by atoms with van der Waals surface area (Å²) in [7, 11) is 0. The summed E-state index contributed by atoms with van der Waals surface area (Å²) in [4.78, 5) is 4.42. The van der Waals surface area contributed by atoms with E-state index in [1.807, 2.05) is 12.1 Å². The number of fused-ring (bicyclic) bond motifs is 1. The molecule has 0 amide bonds. The van der Waals surface area contributed by atoms with Crippen LogP contribution in [-0.2, 0) is 13.0 Å². The average Bonchev–Trinajstić information content (AvgIpc) is 2.94. The normalized spacial score (nSPS) is 11.2. The first-order valence-corrected chi connectivity index (χ1v) is 6.92. The van der Waals surface area contributed by atoms with Crippen LogP contribution in [0.15, 0.2) is 35.0 Å². The number of nitrogens with zero attached hydrogens (tertiary/aromatic N) is 2. The van der Waals surface area contributed by atoms with Crippen molar-refractivity contribution in [1.82, 2.24) is 9.55 Å². The van der Waals surface area contributed by atoms with Gasteiger partial charge >= 0.3 is 0 Å². The molecular formula is C14H15N3S. The number of hydrogen-bond donors (Lipinski definition) is 1.